The molecule has 2 aromatic carbocycles. The lowest BCUT2D eigenvalue weighted by atomic mass is 9.89. The number of piperidine rings is 1. The van der Waals surface area contributed by atoms with E-state index in [-0.39, 0.29) is 24.2 Å². The zero-order valence-corrected chi connectivity index (χ0v) is 17.6. The Morgan fingerprint density at radius 3 is 2.03 bits per heavy atom. The maximum atomic E-state index is 12.7. The molecule has 0 bridgehead atoms. The van der Waals surface area contributed by atoms with Crippen LogP contribution >= 0.6 is 0 Å². The van der Waals surface area contributed by atoms with Gasteiger partial charge in [0.05, 0.1) is 13.7 Å². The standard InChI is InChI=1S/C24H29NO5/c1-3-16-29-21-8-10-22(11-9-21)30-17-23(26)25-14-12-19(13-15-25)24(27)18-4-6-20(28-2)7-5-18/h4-11,19H,3,12-17H2,1-2H3. The fourth-order valence-corrected chi connectivity index (χ4v) is 3.47. The molecule has 2 aromatic rings. The number of ketones is 1. The van der Waals surface area contributed by atoms with E-state index >= 15 is 0 Å². The third-order valence-electron chi connectivity index (χ3n) is 5.25. The average Bonchev–Trinajstić information content (AvgIpc) is 2.81. The van der Waals surface area contributed by atoms with Crippen molar-refractivity contribution in [3.63, 3.8) is 0 Å². The molecule has 30 heavy (non-hydrogen) atoms. The number of ether oxygens (including phenoxy) is 3. The smallest absolute Gasteiger partial charge is 0.260 e. The van der Waals surface area contributed by atoms with Gasteiger partial charge in [0, 0.05) is 24.6 Å². The van der Waals surface area contributed by atoms with E-state index in [0.717, 1.165) is 17.9 Å². The number of likely N-dealkylation sites (tertiary alicyclic amines) is 1. The van der Waals surface area contributed by atoms with E-state index in [2.05, 4.69) is 6.92 Å². The Labute approximate surface area is 177 Å². The number of carbonyl (C=O) groups is 2. The topological polar surface area (TPSA) is 65.1 Å². The van der Waals surface area contributed by atoms with Gasteiger partial charge in [-0.1, -0.05) is 6.92 Å². The summed E-state index contributed by atoms with van der Waals surface area (Å²) in [6, 6.07) is 14.5. The number of carbonyl (C=O) groups excluding carboxylic acids is 2. The Morgan fingerprint density at radius 1 is 0.900 bits per heavy atom. The summed E-state index contributed by atoms with van der Waals surface area (Å²) in [5, 5.41) is 0. The van der Waals surface area contributed by atoms with Crippen LogP contribution in [0.1, 0.15) is 36.5 Å². The summed E-state index contributed by atoms with van der Waals surface area (Å²) in [4.78, 5) is 26.9. The Kier molecular flexibility index (Phi) is 7.71. The molecule has 0 aromatic heterocycles. The highest BCUT2D eigenvalue weighted by atomic mass is 16.5. The molecule has 6 nitrogen and oxygen atoms in total. The monoisotopic (exact) mass is 411 g/mol. The summed E-state index contributed by atoms with van der Waals surface area (Å²) in [6.07, 6.45) is 2.29. The molecule has 0 atom stereocenters. The molecule has 6 heteroatoms. The second kappa shape index (κ2) is 10.7. The second-order valence-corrected chi connectivity index (χ2v) is 7.36. The van der Waals surface area contributed by atoms with Gasteiger partial charge in [0.2, 0.25) is 0 Å². The van der Waals surface area contributed by atoms with Gasteiger partial charge < -0.3 is 19.1 Å². The van der Waals surface area contributed by atoms with Gasteiger partial charge in [0.25, 0.3) is 5.91 Å². The van der Waals surface area contributed by atoms with Crippen molar-refractivity contribution in [3.05, 3.63) is 54.1 Å². The van der Waals surface area contributed by atoms with Crippen molar-refractivity contribution in [2.24, 2.45) is 5.92 Å². The fourth-order valence-electron chi connectivity index (χ4n) is 3.47. The highest BCUT2D eigenvalue weighted by Crippen LogP contribution is 2.23. The number of hydrogen-bond donors (Lipinski definition) is 0. The Bertz CT molecular complexity index is 824. The maximum Gasteiger partial charge on any atom is 0.260 e. The van der Waals surface area contributed by atoms with Crippen molar-refractivity contribution in [2.75, 3.05) is 33.4 Å². The molecule has 0 saturated carbocycles. The predicted molar refractivity (Wildman–Crippen MR) is 114 cm³/mol. The van der Waals surface area contributed by atoms with Crippen molar-refractivity contribution >= 4 is 11.7 Å². The molecule has 160 valence electrons. The first-order valence-electron chi connectivity index (χ1n) is 10.4. The zero-order chi connectivity index (χ0) is 21.3. The Balaban J connectivity index is 1.43. The highest BCUT2D eigenvalue weighted by molar-refractivity contribution is 5.98. The Morgan fingerprint density at radius 2 is 1.47 bits per heavy atom. The van der Waals surface area contributed by atoms with Crippen molar-refractivity contribution < 1.29 is 23.8 Å². The summed E-state index contributed by atoms with van der Waals surface area (Å²) < 4.78 is 16.3. The molecule has 0 radical (unpaired) electrons. The molecule has 1 heterocycles. The molecule has 1 saturated heterocycles. The Hall–Kier alpha value is -3.02. The molecule has 0 aliphatic carbocycles. The number of Topliss-reactive ketones (excluding diaryl/α,β-unsaturated/α-hetero) is 1. The van der Waals surface area contributed by atoms with Crippen molar-refractivity contribution in [1.82, 2.24) is 4.90 Å². The maximum absolute atomic E-state index is 12.7. The number of benzene rings is 2. The fraction of sp³-hybridized carbons (Fsp3) is 0.417. The summed E-state index contributed by atoms with van der Waals surface area (Å²) in [6.45, 7) is 3.86. The lowest BCUT2D eigenvalue weighted by molar-refractivity contribution is -0.134. The van der Waals surface area contributed by atoms with Crippen LogP contribution in [0.5, 0.6) is 17.2 Å². The molecule has 0 unspecified atom stereocenters. The quantitative estimate of drug-likeness (QED) is 0.584. The number of nitrogens with zero attached hydrogens (tertiary/aromatic N) is 1. The van der Waals surface area contributed by atoms with Gasteiger partial charge in [-0.2, -0.15) is 0 Å². The summed E-state index contributed by atoms with van der Waals surface area (Å²) in [5.41, 5.74) is 0.690. The van der Waals surface area contributed by atoms with Crippen LogP contribution < -0.4 is 14.2 Å². The van der Waals surface area contributed by atoms with E-state index in [1.807, 2.05) is 12.1 Å². The predicted octanol–water partition coefficient (Wildman–Crippen LogP) is 3.98. The third-order valence-corrected chi connectivity index (χ3v) is 5.25. The third kappa shape index (κ3) is 5.75. The first kappa shape index (κ1) is 21.7. The van der Waals surface area contributed by atoms with Crippen LogP contribution in [0.4, 0.5) is 0 Å². The molecule has 0 N–H and O–H groups in total. The molecule has 1 aliphatic heterocycles. The van der Waals surface area contributed by atoms with Crippen LogP contribution in [0.2, 0.25) is 0 Å². The van der Waals surface area contributed by atoms with Gasteiger partial charge in [-0.05, 0) is 67.8 Å². The summed E-state index contributed by atoms with van der Waals surface area (Å²) in [7, 11) is 1.60. The second-order valence-electron chi connectivity index (χ2n) is 7.36. The van der Waals surface area contributed by atoms with Gasteiger partial charge in [0.1, 0.15) is 17.2 Å². The normalized spacial score (nSPS) is 14.3. The van der Waals surface area contributed by atoms with Gasteiger partial charge in [0.15, 0.2) is 12.4 Å². The lowest BCUT2D eigenvalue weighted by Gasteiger charge is -2.31. The number of hydrogen-bond acceptors (Lipinski definition) is 5. The molecule has 1 amide bonds. The van der Waals surface area contributed by atoms with Crippen LogP contribution in [0.25, 0.3) is 0 Å². The van der Waals surface area contributed by atoms with E-state index in [4.69, 9.17) is 14.2 Å². The largest absolute Gasteiger partial charge is 0.497 e. The minimum atomic E-state index is -0.0587. The molecular weight excluding hydrogens is 382 g/mol. The first-order valence-corrected chi connectivity index (χ1v) is 10.4. The minimum absolute atomic E-state index is 0.00768. The van der Waals surface area contributed by atoms with Crippen LogP contribution in [0, 0.1) is 5.92 Å². The first-order chi connectivity index (χ1) is 14.6. The zero-order valence-electron chi connectivity index (χ0n) is 17.6. The van der Waals surface area contributed by atoms with Crippen LogP contribution in [0.15, 0.2) is 48.5 Å². The number of amides is 1. The van der Waals surface area contributed by atoms with Crippen molar-refractivity contribution in [1.29, 1.82) is 0 Å². The van der Waals surface area contributed by atoms with Gasteiger partial charge >= 0.3 is 0 Å². The number of rotatable bonds is 9. The summed E-state index contributed by atoms with van der Waals surface area (Å²) in [5.74, 6) is 2.17. The van der Waals surface area contributed by atoms with E-state index < -0.39 is 0 Å². The summed E-state index contributed by atoms with van der Waals surface area (Å²) >= 11 is 0. The van der Waals surface area contributed by atoms with Crippen molar-refractivity contribution in [2.45, 2.75) is 26.2 Å². The van der Waals surface area contributed by atoms with E-state index in [1.165, 1.54) is 0 Å². The molecule has 1 fully saturated rings. The van der Waals surface area contributed by atoms with E-state index in [0.29, 0.717) is 43.9 Å². The number of methoxy groups -OCH3 is 1. The molecular formula is C24H29NO5. The van der Waals surface area contributed by atoms with E-state index in [9.17, 15) is 9.59 Å². The van der Waals surface area contributed by atoms with Crippen molar-refractivity contribution in [3.8, 4) is 17.2 Å². The van der Waals surface area contributed by atoms with Gasteiger partial charge in [-0.3, -0.25) is 9.59 Å². The SMILES string of the molecule is CCCOc1ccc(OCC(=O)N2CCC(C(=O)c3ccc(OC)cc3)CC2)cc1. The molecule has 1 aliphatic rings. The minimum Gasteiger partial charge on any atom is -0.497 e. The van der Waals surface area contributed by atoms with Gasteiger partial charge in [-0.25, -0.2) is 0 Å². The molecule has 0 spiro atoms. The van der Waals surface area contributed by atoms with Crippen LogP contribution in [0.3, 0.4) is 0 Å². The lowest BCUT2D eigenvalue weighted by Crippen LogP contribution is -2.42. The van der Waals surface area contributed by atoms with Crippen LogP contribution in [-0.2, 0) is 4.79 Å². The van der Waals surface area contributed by atoms with E-state index in [1.54, 1.807) is 48.4 Å². The van der Waals surface area contributed by atoms with Gasteiger partial charge in [-0.15, -0.1) is 0 Å². The molecule has 3 rings (SSSR count). The highest BCUT2D eigenvalue weighted by Gasteiger charge is 2.28. The van der Waals surface area contributed by atoms with Crippen LogP contribution in [-0.4, -0.2) is 50.0 Å². The average molecular weight is 411 g/mol.